The molecule has 0 saturated heterocycles. The number of oxime groups is 1. The number of benzene rings is 1. The highest BCUT2D eigenvalue weighted by Crippen LogP contribution is 2.32. The minimum Gasteiger partial charge on any atom is -0.476 e. The molecule has 0 spiro atoms. The smallest absolute Gasteiger partial charge is 0.223 e. The van der Waals surface area contributed by atoms with Crippen molar-refractivity contribution >= 4 is 16.6 Å². The summed E-state index contributed by atoms with van der Waals surface area (Å²) in [6, 6.07) is 8.31. The van der Waals surface area contributed by atoms with Gasteiger partial charge >= 0.3 is 0 Å². The third kappa shape index (κ3) is 1.32. The van der Waals surface area contributed by atoms with Crippen molar-refractivity contribution in [2.45, 2.75) is 6.92 Å². The van der Waals surface area contributed by atoms with Gasteiger partial charge in [0.1, 0.15) is 18.9 Å². The van der Waals surface area contributed by atoms with Gasteiger partial charge in [-0.15, -0.1) is 0 Å². The largest absolute Gasteiger partial charge is 0.476 e. The first-order valence-corrected chi connectivity index (χ1v) is 6.06. The van der Waals surface area contributed by atoms with Crippen LogP contribution in [-0.4, -0.2) is 23.9 Å². The number of aromatic nitrogens is 1. The highest BCUT2D eigenvalue weighted by molar-refractivity contribution is 6.07. The van der Waals surface area contributed by atoms with Crippen molar-refractivity contribution in [3.05, 3.63) is 35.4 Å². The summed E-state index contributed by atoms with van der Waals surface area (Å²) in [5.41, 5.74) is 4.13. The van der Waals surface area contributed by atoms with Crippen LogP contribution in [0.1, 0.15) is 11.1 Å². The van der Waals surface area contributed by atoms with Gasteiger partial charge in [-0.05, 0) is 25.1 Å². The molecule has 0 N–H and O–H groups in total. The van der Waals surface area contributed by atoms with E-state index in [9.17, 15) is 0 Å². The van der Waals surface area contributed by atoms with Gasteiger partial charge in [-0.2, -0.15) is 0 Å². The van der Waals surface area contributed by atoms with Crippen LogP contribution >= 0.6 is 0 Å². The number of rotatable bonds is 0. The molecule has 2 aliphatic rings. The minimum absolute atomic E-state index is 0.251. The molecule has 2 aliphatic heterocycles. The van der Waals surface area contributed by atoms with E-state index in [2.05, 4.69) is 35.3 Å². The summed E-state index contributed by atoms with van der Waals surface area (Å²) in [6.45, 7) is 3.30. The Labute approximate surface area is 104 Å². The normalized spacial score (nSPS) is 20.7. The van der Waals surface area contributed by atoms with Crippen LogP contribution in [0.5, 0.6) is 5.88 Å². The molecule has 90 valence electrons. The number of ether oxygens (including phenoxy) is 1. The van der Waals surface area contributed by atoms with Crippen LogP contribution in [-0.2, 0) is 4.84 Å². The van der Waals surface area contributed by atoms with Gasteiger partial charge in [0, 0.05) is 5.39 Å². The van der Waals surface area contributed by atoms with E-state index in [0.29, 0.717) is 19.1 Å². The van der Waals surface area contributed by atoms with Crippen LogP contribution in [0.25, 0.3) is 10.9 Å². The van der Waals surface area contributed by atoms with E-state index >= 15 is 0 Å². The van der Waals surface area contributed by atoms with Crippen LogP contribution < -0.4 is 4.74 Å². The second kappa shape index (κ2) is 3.45. The van der Waals surface area contributed by atoms with E-state index in [1.54, 1.807) is 0 Å². The lowest BCUT2D eigenvalue weighted by Crippen LogP contribution is -2.28. The lowest BCUT2D eigenvalue weighted by atomic mass is 9.96. The highest BCUT2D eigenvalue weighted by atomic mass is 16.6. The summed E-state index contributed by atoms with van der Waals surface area (Å²) in [7, 11) is 0. The van der Waals surface area contributed by atoms with Crippen molar-refractivity contribution in [1.82, 2.24) is 4.98 Å². The molecule has 4 nitrogen and oxygen atoms in total. The Bertz CT molecular complexity index is 679. The van der Waals surface area contributed by atoms with Crippen molar-refractivity contribution in [2.24, 2.45) is 11.1 Å². The fourth-order valence-electron chi connectivity index (χ4n) is 2.50. The van der Waals surface area contributed by atoms with Gasteiger partial charge in [0.05, 0.1) is 17.0 Å². The molecule has 1 aromatic heterocycles. The lowest BCUT2D eigenvalue weighted by Gasteiger charge is -2.20. The SMILES string of the molecule is Cc1ccc2nc3c(cc2c1)C1=NOCC1CO3. The highest BCUT2D eigenvalue weighted by Gasteiger charge is 2.33. The molecule has 0 radical (unpaired) electrons. The summed E-state index contributed by atoms with van der Waals surface area (Å²) < 4.78 is 5.70. The van der Waals surface area contributed by atoms with E-state index in [-0.39, 0.29) is 5.92 Å². The average Bonchev–Trinajstić information content (AvgIpc) is 2.85. The third-order valence-electron chi connectivity index (χ3n) is 3.46. The molecule has 0 saturated carbocycles. The number of hydrogen-bond donors (Lipinski definition) is 0. The third-order valence-corrected chi connectivity index (χ3v) is 3.46. The van der Waals surface area contributed by atoms with Crippen molar-refractivity contribution < 1.29 is 9.57 Å². The van der Waals surface area contributed by atoms with Crippen molar-refractivity contribution in [2.75, 3.05) is 13.2 Å². The Morgan fingerprint density at radius 3 is 3.11 bits per heavy atom. The van der Waals surface area contributed by atoms with E-state index in [1.807, 2.05) is 6.07 Å². The van der Waals surface area contributed by atoms with Gasteiger partial charge in [-0.3, -0.25) is 0 Å². The standard InChI is InChI=1S/C14H12N2O2/c1-8-2-3-12-9(4-8)5-11-13-10(7-18-16-13)6-17-14(11)15-12/h2-5,10H,6-7H2,1H3. The van der Waals surface area contributed by atoms with Gasteiger partial charge in [0.25, 0.3) is 0 Å². The molecule has 3 heterocycles. The predicted octanol–water partition coefficient (Wildman–Crippen LogP) is 2.29. The lowest BCUT2D eigenvalue weighted by molar-refractivity contribution is 0.135. The molecule has 4 rings (SSSR count). The minimum atomic E-state index is 0.251. The maximum absolute atomic E-state index is 5.70. The summed E-state index contributed by atoms with van der Waals surface area (Å²) in [4.78, 5) is 9.72. The van der Waals surface area contributed by atoms with Gasteiger partial charge in [-0.25, -0.2) is 4.98 Å². The number of aryl methyl sites for hydroxylation is 1. The quantitative estimate of drug-likeness (QED) is 0.709. The Balaban J connectivity index is 1.98. The molecule has 1 unspecified atom stereocenters. The molecule has 18 heavy (non-hydrogen) atoms. The average molecular weight is 240 g/mol. The number of fused-ring (bicyclic) bond motifs is 4. The molecule has 2 aromatic rings. The molecule has 0 amide bonds. The Hall–Kier alpha value is -2.10. The molecular weight excluding hydrogens is 228 g/mol. The van der Waals surface area contributed by atoms with Crippen molar-refractivity contribution in [1.29, 1.82) is 0 Å². The Kier molecular flexibility index (Phi) is 1.89. The van der Waals surface area contributed by atoms with Crippen LogP contribution in [0.4, 0.5) is 0 Å². The van der Waals surface area contributed by atoms with E-state index < -0.39 is 0 Å². The number of nitrogens with zero attached hydrogens (tertiary/aromatic N) is 2. The molecule has 0 bridgehead atoms. The van der Waals surface area contributed by atoms with E-state index in [0.717, 1.165) is 22.2 Å². The topological polar surface area (TPSA) is 43.7 Å². The van der Waals surface area contributed by atoms with Crippen LogP contribution in [0.3, 0.4) is 0 Å². The second-order valence-corrected chi connectivity index (χ2v) is 4.82. The second-order valence-electron chi connectivity index (χ2n) is 4.82. The summed E-state index contributed by atoms with van der Waals surface area (Å²) in [5.74, 6) is 0.924. The monoisotopic (exact) mass is 240 g/mol. The molecule has 0 aliphatic carbocycles. The molecule has 0 fully saturated rings. The Morgan fingerprint density at radius 2 is 2.17 bits per heavy atom. The van der Waals surface area contributed by atoms with Crippen LogP contribution in [0, 0.1) is 12.8 Å². The first-order chi connectivity index (χ1) is 8.81. The molecule has 4 heteroatoms. The van der Waals surface area contributed by atoms with Gasteiger partial charge < -0.3 is 9.57 Å². The number of pyridine rings is 1. The fourth-order valence-corrected chi connectivity index (χ4v) is 2.50. The van der Waals surface area contributed by atoms with Gasteiger partial charge in [-0.1, -0.05) is 16.8 Å². The van der Waals surface area contributed by atoms with Crippen LogP contribution in [0.2, 0.25) is 0 Å². The maximum atomic E-state index is 5.70. The van der Waals surface area contributed by atoms with Gasteiger partial charge in [0.15, 0.2) is 0 Å². The molecule has 1 atom stereocenters. The summed E-state index contributed by atoms with van der Waals surface area (Å²) in [6.07, 6.45) is 0. The number of hydrogen-bond acceptors (Lipinski definition) is 4. The molecule has 1 aromatic carbocycles. The predicted molar refractivity (Wildman–Crippen MR) is 68.0 cm³/mol. The first kappa shape index (κ1) is 9.88. The van der Waals surface area contributed by atoms with E-state index in [1.165, 1.54) is 5.56 Å². The van der Waals surface area contributed by atoms with E-state index in [4.69, 9.17) is 9.57 Å². The first-order valence-electron chi connectivity index (χ1n) is 6.06. The summed E-state index contributed by atoms with van der Waals surface area (Å²) >= 11 is 0. The van der Waals surface area contributed by atoms with Crippen molar-refractivity contribution in [3.63, 3.8) is 0 Å². The molecular formula is C14H12N2O2. The van der Waals surface area contributed by atoms with Crippen molar-refractivity contribution in [3.8, 4) is 5.88 Å². The van der Waals surface area contributed by atoms with Crippen LogP contribution in [0.15, 0.2) is 29.4 Å². The fraction of sp³-hybridized carbons (Fsp3) is 0.286. The Morgan fingerprint density at radius 1 is 1.22 bits per heavy atom. The maximum Gasteiger partial charge on any atom is 0.223 e. The zero-order valence-electron chi connectivity index (χ0n) is 10.0. The zero-order chi connectivity index (χ0) is 12.1. The zero-order valence-corrected chi connectivity index (χ0v) is 10.0. The van der Waals surface area contributed by atoms with Gasteiger partial charge in [0.2, 0.25) is 5.88 Å². The summed E-state index contributed by atoms with van der Waals surface area (Å²) in [5, 5.41) is 5.24.